The van der Waals surface area contributed by atoms with E-state index >= 15 is 0 Å². The van der Waals surface area contributed by atoms with Gasteiger partial charge in [0.25, 0.3) is 0 Å². The molecule has 1 atom stereocenters. The number of amides is 3. The largest absolute Gasteiger partial charge is 0.370 e. The second-order valence-electron chi connectivity index (χ2n) is 7.08. The summed E-state index contributed by atoms with van der Waals surface area (Å²) < 4.78 is 5.86. The molecule has 2 aliphatic rings. The molecule has 2 N–H and O–H groups in total. The summed E-state index contributed by atoms with van der Waals surface area (Å²) in [4.78, 5) is 30.4. The molecule has 1 saturated carbocycles. The Morgan fingerprint density at radius 1 is 1.31 bits per heavy atom. The van der Waals surface area contributed by atoms with Gasteiger partial charge < -0.3 is 20.3 Å². The van der Waals surface area contributed by atoms with Gasteiger partial charge in [-0.15, -0.1) is 11.3 Å². The first kappa shape index (κ1) is 19.1. The summed E-state index contributed by atoms with van der Waals surface area (Å²) in [5.74, 6) is -0.0561. The Bertz CT molecular complexity index is 615. The van der Waals surface area contributed by atoms with Crippen LogP contribution in [0.5, 0.6) is 0 Å². The Kier molecular flexibility index (Phi) is 6.85. The van der Waals surface area contributed by atoms with Crippen molar-refractivity contribution in [2.45, 2.75) is 64.2 Å². The average molecular weight is 381 g/mol. The van der Waals surface area contributed by atoms with E-state index in [9.17, 15) is 9.59 Å². The molecule has 1 aromatic rings. The molecule has 1 unspecified atom stereocenters. The number of ether oxygens (including phenoxy) is 1. The van der Waals surface area contributed by atoms with Crippen LogP contribution in [-0.2, 0) is 16.1 Å². The first-order valence-corrected chi connectivity index (χ1v) is 10.3. The Balaban J connectivity index is 1.32. The number of urea groups is 1. The maximum atomic E-state index is 12.3. The van der Waals surface area contributed by atoms with Crippen LogP contribution in [0.15, 0.2) is 5.38 Å². The lowest BCUT2D eigenvalue weighted by Crippen LogP contribution is -2.46. The number of hydrogen-bond acceptors (Lipinski definition) is 5. The van der Waals surface area contributed by atoms with Crippen molar-refractivity contribution in [2.75, 3.05) is 19.6 Å². The third-order valence-electron chi connectivity index (χ3n) is 4.97. The molecule has 7 nitrogen and oxygen atoms in total. The monoisotopic (exact) mass is 380 g/mol. The number of thiazole rings is 1. The fourth-order valence-corrected chi connectivity index (χ4v) is 4.12. The molecule has 144 valence electrons. The molecule has 2 heterocycles. The topological polar surface area (TPSA) is 83.6 Å². The SMILES string of the molecule is Cc1nc(COC2CCN(C(=O)CNC(=O)NC3CCCCC3)C2)cs1. The van der Waals surface area contributed by atoms with Crippen molar-refractivity contribution < 1.29 is 14.3 Å². The quantitative estimate of drug-likeness (QED) is 0.792. The summed E-state index contributed by atoms with van der Waals surface area (Å²) in [6.45, 7) is 3.75. The minimum atomic E-state index is -0.240. The van der Waals surface area contributed by atoms with Gasteiger partial charge in [0.1, 0.15) is 0 Å². The van der Waals surface area contributed by atoms with Gasteiger partial charge >= 0.3 is 6.03 Å². The van der Waals surface area contributed by atoms with E-state index in [1.54, 1.807) is 16.2 Å². The molecule has 1 aliphatic carbocycles. The molecular formula is C18H28N4O3S. The third kappa shape index (κ3) is 5.67. The summed E-state index contributed by atoms with van der Waals surface area (Å²) in [6, 6.07) is 0.00826. The standard InChI is InChI=1S/C18H28N4O3S/c1-13-20-15(12-26-13)11-25-16-7-8-22(10-16)17(23)9-19-18(24)21-14-5-3-2-4-6-14/h12,14,16H,2-11H2,1H3,(H2,19,21,24). The van der Waals surface area contributed by atoms with Crippen LogP contribution in [0.3, 0.4) is 0 Å². The van der Waals surface area contributed by atoms with Crippen LogP contribution in [0, 0.1) is 6.92 Å². The lowest BCUT2D eigenvalue weighted by atomic mass is 9.96. The van der Waals surface area contributed by atoms with Gasteiger partial charge in [-0.05, 0) is 26.2 Å². The molecule has 26 heavy (non-hydrogen) atoms. The summed E-state index contributed by atoms with van der Waals surface area (Å²) >= 11 is 1.61. The van der Waals surface area contributed by atoms with E-state index in [0.717, 1.165) is 30.0 Å². The highest BCUT2D eigenvalue weighted by Crippen LogP contribution is 2.17. The summed E-state index contributed by atoms with van der Waals surface area (Å²) in [7, 11) is 0. The summed E-state index contributed by atoms with van der Waals surface area (Å²) in [5.41, 5.74) is 0.943. The fraction of sp³-hybridized carbons (Fsp3) is 0.722. The van der Waals surface area contributed by atoms with Crippen LogP contribution in [0.2, 0.25) is 0 Å². The zero-order chi connectivity index (χ0) is 18.4. The normalized spacial score (nSPS) is 21.0. The number of aryl methyl sites for hydroxylation is 1. The van der Waals surface area contributed by atoms with Gasteiger partial charge in [-0.3, -0.25) is 4.79 Å². The van der Waals surface area contributed by atoms with Crippen molar-refractivity contribution in [2.24, 2.45) is 0 Å². The summed E-state index contributed by atoms with van der Waals surface area (Å²) in [6.07, 6.45) is 6.51. The Hall–Kier alpha value is -1.67. The molecular weight excluding hydrogens is 352 g/mol. The Morgan fingerprint density at radius 3 is 2.85 bits per heavy atom. The molecule has 1 aliphatic heterocycles. The molecule has 8 heteroatoms. The molecule has 0 bridgehead atoms. The molecule has 3 amide bonds. The van der Waals surface area contributed by atoms with Gasteiger partial charge in [-0.2, -0.15) is 0 Å². The molecule has 1 aromatic heterocycles. The van der Waals surface area contributed by atoms with E-state index in [-0.39, 0.29) is 30.6 Å². The van der Waals surface area contributed by atoms with E-state index in [0.29, 0.717) is 19.7 Å². The number of aromatic nitrogens is 1. The predicted octanol–water partition coefficient (Wildman–Crippen LogP) is 2.20. The maximum Gasteiger partial charge on any atom is 0.315 e. The lowest BCUT2D eigenvalue weighted by Gasteiger charge is -2.23. The van der Waals surface area contributed by atoms with Crippen molar-refractivity contribution in [1.29, 1.82) is 0 Å². The fourth-order valence-electron chi connectivity index (χ4n) is 3.52. The third-order valence-corrected chi connectivity index (χ3v) is 5.79. The number of rotatable bonds is 6. The summed E-state index contributed by atoms with van der Waals surface area (Å²) in [5, 5.41) is 8.69. The molecule has 0 spiro atoms. The second-order valence-corrected chi connectivity index (χ2v) is 8.14. The van der Waals surface area contributed by atoms with Crippen LogP contribution in [-0.4, -0.2) is 53.6 Å². The smallest absolute Gasteiger partial charge is 0.315 e. The van der Waals surface area contributed by atoms with E-state index in [1.165, 1.54) is 19.3 Å². The highest BCUT2D eigenvalue weighted by molar-refractivity contribution is 7.09. The number of carbonyl (C=O) groups excluding carboxylic acids is 2. The van der Waals surface area contributed by atoms with E-state index < -0.39 is 0 Å². The first-order chi connectivity index (χ1) is 12.6. The van der Waals surface area contributed by atoms with Gasteiger partial charge in [-0.1, -0.05) is 19.3 Å². The van der Waals surface area contributed by atoms with Crippen LogP contribution < -0.4 is 10.6 Å². The average Bonchev–Trinajstić information content (AvgIpc) is 3.28. The van der Waals surface area contributed by atoms with Gasteiger partial charge in [0.05, 0.1) is 30.0 Å². The van der Waals surface area contributed by atoms with Crippen molar-refractivity contribution in [1.82, 2.24) is 20.5 Å². The Labute approximate surface area is 158 Å². The van der Waals surface area contributed by atoms with Gasteiger partial charge in [0.2, 0.25) is 5.91 Å². The highest BCUT2D eigenvalue weighted by atomic mass is 32.1. The van der Waals surface area contributed by atoms with Gasteiger partial charge in [0, 0.05) is 24.5 Å². The minimum Gasteiger partial charge on any atom is -0.370 e. The number of nitrogens with zero attached hydrogens (tertiary/aromatic N) is 2. The zero-order valence-corrected chi connectivity index (χ0v) is 16.1. The van der Waals surface area contributed by atoms with Crippen LogP contribution >= 0.6 is 11.3 Å². The van der Waals surface area contributed by atoms with Gasteiger partial charge in [-0.25, -0.2) is 9.78 Å². The zero-order valence-electron chi connectivity index (χ0n) is 15.3. The molecule has 0 aromatic carbocycles. The minimum absolute atomic E-state index is 0.0382. The van der Waals surface area contributed by atoms with E-state index in [2.05, 4.69) is 15.6 Å². The molecule has 0 radical (unpaired) electrons. The number of carbonyl (C=O) groups is 2. The maximum absolute atomic E-state index is 12.3. The first-order valence-electron chi connectivity index (χ1n) is 9.45. The van der Waals surface area contributed by atoms with Crippen LogP contribution in [0.4, 0.5) is 4.79 Å². The molecule has 1 saturated heterocycles. The van der Waals surface area contributed by atoms with E-state index in [1.807, 2.05) is 12.3 Å². The van der Waals surface area contributed by atoms with Crippen molar-refractivity contribution in [3.05, 3.63) is 16.1 Å². The van der Waals surface area contributed by atoms with E-state index in [4.69, 9.17) is 4.74 Å². The van der Waals surface area contributed by atoms with Crippen molar-refractivity contribution in [3.8, 4) is 0 Å². The van der Waals surface area contributed by atoms with Gasteiger partial charge in [0.15, 0.2) is 0 Å². The number of nitrogens with one attached hydrogen (secondary N) is 2. The molecule has 3 rings (SSSR count). The number of hydrogen-bond donors (Lipinski definition) is 2. The van der Waals surface area contributed by atoms with Crippen LogP contribution in [0.1, 0.15) is 49.2 Å². The van der Waals surface area contributed by atoms with Crippen molar-refractivity contribution in [3.63, 3.8) is 0 Å². The predicted molar refractivity (Wildman–Crippen MR) is 100 cm³/mol. The highest BCUT2D eigenvalue weighted by Gasteiger charge is 2.27. The second kappa shape index (κ2) is 9.32. The van der Waals surface area contributed by atoms with Crippen molar-refractivity contribution >= 4 is 23.3 Å². The molecule has 2 fully saturated rings. The van der Waals surface area contributed by atoms with Crippen LogP contribution in [0.25, 0.3) is 0 Å². The Morgan fingerprint density at radius 2 is 2.12 bits per heavy atom. The number of likely N-dealkylation sites (tertiary alicyclic amines) is 1. The lowest BCUT2D eigenvalue weighted by molar-refractivity contribution is -0.129.